The van der Waals surface area contributed by atoms with E-state index in [1.54, 1.807) is 30.6 Å². The number of hydrogen-bond donors (Lipinski definition) is 3. The van der Waals surface area contributed by atoms with Crippen LogP contribution in [0.4, 0.5) is 0 Å². The van der Waals surface area contributed by atoms with E-state index in [1.807, 2.05) is 6.07 Å². The largest absolute Gasteiger partial charge is 0.394 e. The number of sulfonamides is 1. The van der Waals surface area contributed by atoms with Crippen LogP contribution >= 0.6 is 11.6 Å². The molecule has 31 heavy (non-hydrogen) atoms. The first kappa shape index (κ1) is 23.6. The molecule has 168 valence electrons. The number of aliphatic hydroxyl groups is 1. The molecule has 1 amide bonds. The van der Waals surface area contributed by atoms with Gasteiger partial charge in [0.15, 0.2) is 0 Å². The molecule has 2 heterocycles. The van der Waals surface area contributed by atoms with Crippen molar-refractivity contribution in [2.24, 2.45) is 0 Å². The third-order valence-electron chi connectivity index (χ3n) is 5.11. The molecule has 1 fully saturated rings. The number of carbonyl (C=O) groups excluding carboxylic acids is 1. The fraction of sp³-hybridized carbons (Fsp3) is 0.429. The zero-order valence-corrected chi connectivity index (χ0v) is 18.5. The molecule has 1 aliphatic rings. The van der Waals surface area contributed by atoms with Gasteiger partial charge in [-0.3, -0.25) is 9.78 Å². The smallest absolute Gasteiger partial charge is 0.242 e. The Bertz CT molecular complexity index is 974. The monoisotopic (exact) mass is 467 g/mol. The predicted octanol–water partition coefficient (Wildman–Crippen LogP) is 1.67. The van der Waals surface area contributed by atoms with Crippen LogP contribution in [0.3, 0.4) is 0 Å². The first-order valence-electron chi connectivity index (χ1n) is 10.1. The van der Waals surface area contributed by atoms with E-state index in [0.29, 0.717) is 19.3 Å². The summed E-state index contributed by atoms with van der Waals surface area (Å²) in [6.45, 7) is -0.0614. The zero-order valence-electron chi connectivity index (χ0n) is 16.9. The Kier molecular flexibility index (Phi) is 8.39. The number of carbonyl (C=O) groups is 1. The maximum atomic E-state index is 12.4. The van der Waals surface area contributed by atoms with Crippen molar-refractivity contribution in [2.45, 2.75) is 48.8 Å². The van der Waals surface area contributed by atoms with Crippen molar-refractivity contribution in [3.05, 3.63) is 59.4 Å². The zero-order chi connectivity index (χ0) is 22.3. The molecule has 0 unspecified atom stereocenters. The molecular formula is C21H26ClN3O5S. The van der Waals surface area contributed by atoms with Gasteiger partial charge in [-0.2, -0.15) is 0 Å². The van der Waals surface area contributed by atoms with Crippen LogP contribution in [-0.4, -0.2) is 55.8 Å². The second-order valence-electron chi connectivity index (χ2n) is 7.39. The lowest BCUT2D eigenvalue weighted by Crippen LogP contribution is -2.51. The average molecular weight is 468 g/mol. The van der Waals surface area contributed by atoms with Crippen LogP contribution in [0.15, 0.2) is 53.7 Å². The molecular weight excluding hydrogens is 442 g/mol. The van der Waals surface area contributed by atoms with Crippen LogP contribution in [0.5, 0.6) is 0 Å². The number of hydrogen-bond acceptors (Lipinski definition) is 6. The Morgan fingerprint density at radius 2 is 2.03 bits per heavy atom. The number of halogens is 1. The van der Waals surface area contributed by atoms with Gasteiger partial charge in [-0.25, -0.2) is 13.1 Å². The highest BCUT2D eigenvalue weighted by Gasteiger charge is 2.32. The Hall–Kier alpha value is -2.04. The first-order valence-corrected chi connectivity index (χ1v) is 11.9. The van der Waals surface area contributed by atoms with Gasteiger partial charge in [-0.15, -0.1) is 0 Å². The van der Waals surface area contributed by atoms with Crippen molar-refractivity contribution in [1.82, 2.24) is 15.0 Å². The highest BCUT2D eigenvalue weighted by Crippen LogP contribution is 2.23. The lowest BCUT2D eigenvalue weighted by Gasteiger charge is -2.36. The van der Waals surface area contributed by atoms with E-state index in [9.17, 15) is 18.3 Å². The van der Waals surface area contributed by atoms with Crippen molar-refractivity contribution < 1.29 is 23.1 Å². The van der Waals surface area contributed by atoms with Gasteiger partial charge in [-0.1, -0.05) is 29.8 Å². The molecule has 10 heteroatoms. The molecule has 0 bridgehead atoms. The molecule has 1 aromatic carbocycles. The summed E-state index contributed by atoms with van der Waals surface area (Å²) < 4.78 is 33.3. The number of pyridine rings is 1. The standard InChI is InChI=1S/C21H26ClN3O5S/c22-17-5-1-2-6-20(17)31(28,29)24-11-9-16-7-8-18(19(14-26)30-16)25-21(27)12-15-4-3-10-23-13-15/h1-6,10,13,16,18-19,24,26H,7-9,11-12,14H2,(H,25,27)/t16-,18-,19-/m0/s1. The lowest BCUT2D eigenvalue weighted by atomic mass is 9.97. The van der Waals surface area contributed by atoms with Crippen molar-refractivity contribution >= 4 is 27.5 Å². The maximum Gasteiger partial charge on any atom is 0.242 e. The summed E-state index contributed by atoms with van der Waals surface area (Å²) in [7, 11) is -3.72. The van der Waals surface area contributed by atoms with Crippen molar-refractivity contribution in [2.75, 3.05) is 13.2 Å². The summed E-state index contributed by atoms with van der Waals surface area (Å²) in [5.74, 6) is -0.161. The van der Waals surface area contributed by atoms with Gasteiger partial charge in [-0.05, 0) is 43.0 Å². The number of rotatable bonds is 9. The fourth-order valence-electron chi connectivity index (χ4n) is 3.55. The lowest BCUT2D eigenvalue weighted by molar-refractivity contribution is -0.127. The van der Waals surface area contributed by atoms with Gasteiger partial charge in [0.2, 0.25) is 15.9 Å². The van der Waals surface area contributed by atoms with Crippen molar-refractivity contribution in [1.29, 1.82) is 0 Å². The number of nitrogens with zero attached hydrogens (tertiary/aromatic N) is 1. The summed E-state index contributed by atoms with van der Waals surface area (Å²) >= 11 is 5.97. The SMILES string of the molecule is O=C(Cc1cccnc1)N[C@H]1CC[C@@H](CCNS(=O)(=O)c2ccccc2Cl)O[C@H]1CO. The second-order valence-corrected chi connectivity index (χ2v) is 9.53. The highest BCUT2D eigenvalue weighted by atomic mass is 35.5. The van der Waals surface area contributed by atoms with Gasteiger partial charge in [0.1, 0.15) is 11.0 Å². The Labute approximate surface area is 187 Å². The van der Waals surface area contributed by atoms with Gasteiger partial charge in [0, 0.05) is 18.9 Å². The minimum absolute atomic E-state index is 0.0332. The highest BCUT2D eigenvalue weighted by molar-refractivity contribution is 7.89. The summed E-state index contributed by atoms with van der Waals surface area (Å²) in [4.78, 5) is 16.3. The quantitative estimate of drug-likeness (QED) is 0.516. The molecule has 0 radical (unpaired) electrons. The Morgan fingerprint density at radius 1 is 1.23 bits per heavy atom. The number of amides is 1. The molecule has 1 saturated heterocycles. The summed E-state index contributed by atoms with van der Waals surface area (Å²) in [6, 6.07) is 9.54. The minimum Gasteiger partial charge on any atom is -0.394 e. The van der Waals surface area contributed by atoms with Crippen LogP contribution in [0, 0.1) is 0 Å². The minimum atomic E-state index is -3.72. The normalized spacial score (nSPS) is 21.5. The summed E-state index contributed by atoms with van der Waals surface area (Å²) in [6.07, 6.45) is 4.43. The van der Waals surface area contributed by atoms with E-state index in [-0.39, 0.29) is 47.5 Å². The van der Waals surface area contributed by atoms with Crippen LogP contribution in [0.2, 0.25) is 5.02 Å². The average Bonchev–Trinajstić information content (AvgIpc) is 2.75. The number of aliphatic hydroxyl groups excluding tert-OH is 1. The van der Waals surface area contributed by atoms with E-state index < -0.39 is 16.1 Å². The molecule has 3 rings (SSSR count). The fourth-order valence-corrected chi connectivity index (χ4v) is 5.11. The summed E-state index contributed by atoms with van der Waals surface area (Å²) in [5.41, 5.74) is 0.806. The third kappa shape index (κ3) is 6.72. The maximum absolute atomic E-state index is 12.4. The number of aromatic nitrogens is 1. The van der Waals surface area contributed by atoms with E-state index >= 15 is 0 Å². The molecule has 1 aliphatic heterocycles. The molecule has 8 nitrogen and oxygen atoms in total. The van der Waals surface area contributed by atoms with Crippen molar-refractivity contribution in [3.8, 4) is 0 Å². The number of benzene rings is 1. The third-order valence-corrected chi connectivity index (χ3v) is 7.07. The Morgan fingerprint density at radius 3 is 2.74 bits per heavy atom. The van der Waals surface area contributed by atoms with E-state index in [0.717, 1.165) is 5.56 Å². The molecule has 3 atom stereocenters. The van der Waals surface area contributed by atoms with Crippen LogP contribution in [0.25, 0.3) is 0 Å². The van der Waals surface area contributed by atoms with Crippen LogP contribution < -0.4 is 10.0 Å². The molecule has 2 aromatic rings. The molecule has 0 saturated carbocycles. The van der Waals surface area contributed by atoms with Gasteiger partial charge < -0.3 is 15.2 Å². The van der Waals surface area contributed by atoms with Crippen LogP contribution in [-0.2, 0) is 26.0 Å². The predicted molar refractivity (Wildman–Crippen MR) is 116 cm³/mol. The molecule has 3 N–H and O–H groups in total. The number of nitrogens with one attached hydrogen (secondary N) is 2. The Balaban J connectivity index is 1.47. The van der Waals surface area contributed by atoms with E-state index in [1.165, 1.54) is 12.1 Å². The number of ether oxygens (including phenoxy) is 1. The first-order chi connectivity index (χ1) is 14.9. The van der Waals surface area contributed by atoms with Gasteiger partial charge in [0.05, 0.1) is 30.2 Å². The van der Waals surface area contributed by atoms with Gasteiger partial charge in [0.25, 0.3) is 0 Å². The summed E-state index contributed by atoms with van der Waals surface area (Å²) in [5, 5.41) is 12.8. The van der Waals surface area contributed by atoms with E-state index in [4.69, 9.17) is 16.3 Å². The van der Waals surface area contributed by atoms with Gasteiger partial charge >= 0.3 is 0 Å². The molecule has 0 aliphatic carbocycles. The topological polar surface area (TPSA) is 118 Å². The second kappa shape index (κ2) is 11.0. The molecule has 0 spiro atoms. The van der Waals surface area contributed by atoms with E-state index in [2.05, 4.69) is 15.0 Å². The van der Waals surface area contributed by atoms with Crippen LogP contribution in [0.1, 0.15) is 24.8 Å². The molecule has 1 aromatic heterocycles. The van der Waals surface area contributed by atoms with Crippen molar-refractivity contribution in [3.63, 3.8) is 0 Å².